The fourth-order valence-corrected chi connectivity index (χ4v) is 0.952. The van der Waals surface area contributed by atoms with Gasteiger partial charge >= 0.3 is 5.97 Å². The van der Waals surface area contributed by atoms with Gasteiger partial charge in [-0.25, -0.2) is 0 Å². The third-order valence-corrected chi connectivity index (χ3v) is 1.64. The van der Waals surface area contributed by atoms with E-state index in [4.69, 9.17) is 10.6 Å². The van der Waals surface area contributed by atoms with Crippen LogP contribution >= 0.6 is 0 Å². The normalized spacial score (nSPS) is 9.38. The van der Waals surface area contributed by atoms with E-state index in [0.29, 0.717) is 0 Å². The van der Waals surface area contributed by atoms with Gasteiger partial charge in [0.15, 0.2) is 0 Å². The summed E-state index contributed by atoms with van der Waals surface area (Å²) in [5, 5.41) is 0. The molecule has 4 nitrogen and oxygen atoms in total. The molecular formula is C9H11NO3. The number of benzene rings is 1. The first-order chi connectivity index (χ1) is 6.26. The molecule has 1 aromatic carbocycles. The van der Waals surface area contributed by atoms with Gasteiger partial charge in [0.05, 0.1) is 13.5 Å². The maximum absolute atomic E-state index is 10.8. The molecule has 2 N–H and O–H groups in total. The largest absolute Gasteiger partial charge is 0.497 e. The van der Waals surface area contributed by atoms with Crippen molar-refractivity contribution in [3.05, 3.63) is 29.8 Å². The lowest BCUT2D eigenvalue weighted by molar-refractivity contribution is -0.143. The van der Waals surface area contributed by atoms with E-state index in [0.717, 1.165) is 11.3 Å². The van der Waals surface area contributed by atoms with Crippen LogP contribution in [0.15, 0.2) is 24.3 Å². The van der Waals surface area contributed by atoms with E-state index in [1.54, 1.807) is 31.4 Å². The second-order valence-corrected chi connectivity index (χ2v) is 2.51. The van der Waals surface area contributed by atoms with Crippen molar-refractivity contribution in [3.63, 3.8) is 0 Å². The highest BCUT2D eigenvalue weighted by molar-refractivity contribution is 5.72. The van der Waals surface area contributed by atoms with Gasteiger partial charge in [-0.1, -0.05) is 12.1 Å². The van der Waals surface area contributed by atoms with E-state index in [1.807, 2.05) is 0 Å². The summed E-state index contributed by atoms with van der Waals surface area (Å²) in [6.07, 6.45) is 0.181. The maximum atomic E-state index is 10.8. The minimum Gasteiger partial charge on any atom is -0.497 e. The summed E-state index contributed by atoms with van der Waals surface area (Å²) in [6.45, 7) is 0. The molecule has 1 rings (SSSR count). The molecule has 0 aliphatic rings. The van der Waals surface area contributed by atoms with Crippen molar-refractivity contribution >= 4 is 5.97 Å². The Bertz CT molecular complexity index is 281. The molecular weight excluding hydrogens is 170 g/mol. The number of hydrogen-bond acceptors (Lipinski definition) is 4. The average molecular weight is 181 g/mol. The number of methoxy groups -OCH3 is 1. The van der Waals surface area contributed by atoms with Crippen molar-refractivity contribution in [2.24, 2.45) is 5.90 Å². The monoisotopic (exact) mass is 181 g/mol. The third-order valence-electron chi connectivity index (χ3n) is 1.64. The lowest BCUT2D eigenvalue weighted by atomic mass is 10.1. The van der Waals surface area contributed by atoms with Gasteiger partial charge in [0.25, 0.3) is 0 Å². The molecule has 1 aromatic rings. The Hall–Kier alpha value is -1.55. The highest BCUT2D eigenvalue weighted by atomic mass is 16.7. The second kappa shape index (κ2) is 4.47. The Balaban J connectivity index is 2.64. The van der Waals surface area contributed by atoms with Crippen LogP contribution < -0.4 is 10.6 Å². The zero-order chi connectivity index (χ0) is 9.68. The first-order valence-electron chi connectivity index (χ1n) is 3.78. The van der Waals surface area contributed by atoms with Gasteiger partial charge < -0.3 is 9.57 Å². The van der Waals surface area contributed by atoms with E-state index >= 15 is 0 Å². The molecule has 0 aliphatic carbocycles. The molecule has 0 saturated carbocycles. The summed E-state index contributed by atoms with van der Waals surface area (Å²) in [5.74, 6) is 5.00. The number of carbonyl (C=O) groups excluding carboxylic acids is 1. The summed E-state index contributed by atoms with van der Waals surface area (Å²) < 4.78 is 4.96. The fourth-order valence-electron chi connectivity index (χ4n) is 0.952. The van der Waals surface area contributed by atoms with Gasteiger partial charge in [-0.15, -0.1) is 0 Å². The van der Waals surface area contributed by atoms with E-state index in [2.05, 4.69) is 4.84 Å². The smallest absolute Gasteiger partial charge is 0.328 e. The van der Waals surface area contributed by atoms with Crippen LogP contribution in [0.1, 0.15) is 5.56 Å². The van der Waals surface area contributed by atoms with Gasteiger partial charge in [-0.05, 0) is 17.7 Å². The number of carbonyl (C=O) groups is 1. The van der Waals surface area contributed by atoms with Gasteiger partial charge in [-0.2, -0.15) is 5.90 Å². The third kappa shape index (κ3) is 2.76. The van der Waals surface area contributed by atoms with Gasteiger partial charge in [0.2, 0.25) is 0 Å². The zero-order valence-electron chi connectivity index (χ0n) is 7.32. The molecule has 0 spiro atoms. The van der Waals surface area contributed by atoms with Crippen LogP contribution in [-0.2, 0) is 16.1 Å². The van der Waals surface area contributed by atoms with E-state index in [9.17, 15) is 4.79 Å². The Labute approximate surface area is 76.2 Å². The van der Waals surface area contributed by atoms with Crippen LogP contribution in [-0.4, -0.2) is 13.1 Å². The first kappa shape index (κ1) is 9.54. The minimum atomic E-state index is -0.454. The molecule has 0 unspecified atom stereocenters. The Morgan fingerprint density at radius 3 is 2.46 bits per heavy atom. The van der Waals surface area contributed by atoms with Crippen molar-refractivity contribution in [1.29, 1.82) is 0 Å². The van der Waals surface area contributed by atoms with Crippen molar-refractivity contribution < 1.29 is 14.4 Å². The number of rotatable bonds is 3. The van der Waals surface area contributed by atoms with Crippen LogP contribution in [0, 0.1) is 0 Å². The molecule has 0 heterocycles. The molecule has 0 radical (unpaired) electrons. The van der Waals surface area contributed by atoms with Crippen molar-refractivity contribution in [2.45, 2.75) is 6.42 Å². The van der Waals surface area contributed by atoms with E-state index in [1.165, 1.54) is 0 Å². The molecule has 0 bridgehead atoms. The highest BCUT2D eigenvalue weighted by Crippen LogP contribution is 2.11. The van der Waals surface area contributed by atoms with Crippen molar-refractivity contribution in [3.8, 4) is 5.75 Å². The number of nitrogens with two attached hydrogens (primary N) is 1. The quantitative estimate of drug-likeness (QED) is 0.695. The number of hydrogen-bond donors (Lipinski definition) is 1. The highest BCUT2D eigenvalue weighted by Gasteiger charge is 2.02. The predicted octanol–water partition coefficient (Wildman–Crippen LogP) is 0.655. The molecule has 0 aromatic heterocycles. The summed E-state index contributed by atoms with van der Waals surface area (Å²) in [6, 6.07) is 7.13. The summed E-state index contributed by atoms with van der Waals surface area (Å²) in [4.78, 5) is 14.8. The zero-order valence-corrected chi connectivity index (χ0v) is 7.32. The van der Waals surface area contributed by atoms with Crippen LogP contribution in [0.4, 0.5) is 0 Å². The van der Waals surface area contributed by atoms with Crippen LogP contribution in [0.5, 0.6) is 5.75 Å². The van der Waals surface area contributed by atoms with Crippen LogP contribution in [0.3, 0.4) is 0 Å². The van der Waals surface area contributed by atoms with Crippen LogP contribution in [0.2, 0.25) is 0 Å². The summed E-state index contributed by atoms with van der Waals surface area (Å²) >= 11 is 0. The predicted molar refractivity (Wildman–Crippen MR) is 47.0 cm³/mol. The first-order valence-corrected chi connectivity index (χ1v) is 3.78. The minimum absolute atomic E-state index is 0.181. The van der Waals surface area contributed by atoms with E-state index < -0.39 is 5.97 Å². The standard InChI is InChI=1S/C9H11NO3/c1-12-8-4-2-7(3-5-8)6-9(11)13-10/h2-5H,6,10H2,1H3. The second-order valence-electron chi connectivity index (χ2n) is 2.51. The maximum Gasteiger partial charge on any atom is 0.328 e. The SMILES string of the molecule is COc1ccc(CC(=O)ON)cc1. The van der Waals surface area contributed by atoms with Crippen molar-refractivity contribution in [2.75, 3.05) is 7.11 Å². The average Bonchev–Trinajstić information content (AvgIpc) is 2.19. The Morgan fingerprint density at radius 2 is 2.00 bits per heavy atom. The molecule has 0 fully saturated rings. The van der Waals surface area contributed by atoms with Gasteiger partial charge in [-0.3, -0.25) is 4.79 Å². The van der Waals surface area contributed by atoms with E-state index in [-0.39, 0.29) is 6.42 Å². The van der Waals surface area contributed by atoms with Gasteiger partial charge in [0.1, 0.15) is 5.75 Å². The summed E-state index contributed by atoms with van der Waals surface area (Å²) in [5.41, 5.74) is 0.844. The lowest BCUT2D eigenvalue weighted by Gasteiger charge is -2.01. The summed E-state index contributed by atoms with van der Waals surface area (Å²) in [7, 11) is 1.59. The fraction of sp³-hybridized carbons (Fsp3) is 0.222. The molecule has 0 atom stereocenters. The molecule has 0 amide bonds. The Morgan fingerprint density at radius 1 is 1.38 bits per heavy atom. The van der Waals surface area contributed by atoms with Gasteiger partial charge in [0, 0.05) is 0 Å². The molecule has 0 saturated heterocycles. The lowest BCUT2D eigenvalue weighted by Crippen LogP contribution is -2.12. The molecule has 0 aliphatic heterocycles. The van der Waals surface area contributed by atoms with Crippen molar-refractivity contribution in [1.82, 2.24) is 0 Å². The molecule has 13 heavy (non-hydrogen) atoms. The number of ether oxygens (including phenoxy) is 1. The topological polar surface area (TPSA) is 61.5 Å². The molecule has 70 valence electrons. The Kier molecular flexibility index (Phi) is 3.28. The molecule has 4 heteroatoms. The van der Waals surface area contributed by atoms with Crippen LogP contribution in [0.25, 0.3) is 0 Å².